The van der Waals surface area contributed by atoms with Gasteiger partial charge in [-0.1, -0.05) is 24.6 Å². The van der Waals surface area contributed by atoms with Crippen molar-refractivity contribution >= 4 is 64.8 Å². The number of carbonyl (C=O) groups is 9. The van der Waals surface area contributed by atoms with E-state index in [4.69, 9.17) is 75.8 Å². The van der Waals surface area contributed by atoms with E-state index in [0.717, 1.165) is 55.6 Å². The van der Waals surface area contributed by atoms with Gasteiger partial charge in [0.15, 0.2) is 49.3 Å². The Balaban J connectivity index is 0.000000882. The third kappa shape index (κ3) is 35.1. The number of rotatable bonds is 55. The van der Waals surface area contributed by atoms with E-state index in [1.54, 1.807) is 24.3 Å². The first-order valence-corrected chi connectivity index (χ1v) is 48.1. The van der Waals surface area contributed by atoms with Gasteiger partial charge in [0, 0.05) is 103 Å². The number of carbonyl (C=O) groups excluding carboxylic acids is 9. The van der Waals surface area contributed by atoms with E-state index in [0.29, 0.717) is 49.1 Å². The summed E-state index contributed by atoms with van der Waals surface area (Å²) in [5.41, 5.74) is 2.49. The van der Waals surface area contributed by atoms with Crippen LogP contribution >= 0.6 is 11.8 Å². The second kappa shape index (κ2) is 59.4. The Kier molecular flexibility index (Phi) is 49.3. The summed E-state index contributed by atoms with van der Waals surface area (Å²) in [7, 11) is 0. The van der Waals surface area contributed by atoms with Crippen LogP contribution in [0, 0.1) is 6.92 Å². The van der Waals surface area contributed by atoms with Crippen LogP contribution in [0.4, 0.5) is 4.79 Å². The zero-order valence-corrected chi connectivity index (χ0v) is 79.5. The fourth-order valence-corrected chi connectivity index (χ4v) is 18.2. The minimum Gasteiger partial charge on any atom is -0.486 e. The van der Waals surface area contributed by atoms with Crippen LogP contribution in [0.15, 0.2) is 42.5 Å². The molecule has 8 fully saturated rings. The molecule has 141 heavy (non-hydrogen) atoms. The average Bonchev–Trinajstić information content (AvgIpc) is 1.50. The molecule has 51 nitrogen and oxygen atoms in total. The van der Waals surface area contributed by atoms with Crippen molar-refractivity contribution < 1.29 is 211 Å². The number of thioether (sulfide) groups is 1. The maximum absolute atomic E-state index is 12.8. The van der Waals surface area contributed by atoms with Gasteiger partial charge in [-0.05, 0) is 86.4 Å². The summed E-state index contributed by atoms with van der Waals surface area (Å²) in [5, 5.41) is 212. The van der Waals surface area contributed by atoms with Crippen LogP contribution in [-0.4, -0.2) is 471 Å². The first kappa shape index (κ1) is 117. The summed E-state index contributed by atoms with van der Waals surface area (Å²) in [6.07, 6.45) is -43.2. The number of benzene rings is 2. The Morgan fingerprint density at radius 1 is 0.383 bits per heavy atom. The van der Waals surface area contributed by atoms with Crippen molar-refractivity contribution in [3.05, 3.63) is 48.0 Å². The van der Waals surface area contributed by atoms with E-state index in [1.165, 1.54) is 6.92 Å². The minimum atomic E-state index is -2.00. The number of nitrogens with one attached hydrogen (secondary N) is 8. The second-order valence-electron chi connectivity index (χ2n) is 35.1. The molecule has 26 N–H and O–H groups in total. The van der Waals surface area contributed by atoms with Gasteiger partial charge in [0.2, 0.25) is 35.4 Å². The number of aryl methyl sites for hydroxylation is 1. The summed E-state index contributed by atoms with van der Waals surface area (Å²) in [4.78, 5) is 109. The van der Waals surface area contributed by atoms with Crippen molar-refractivity contribution in [3.8, 4) is 22.6 Å². The Morgan fingerprint density at radius 3 is 1.24 bits per heavy atom. The molecule has 800 valence electrons. The normalized spacial score (nSPS) is 33.5. The smallest absolute Gasteiger partial charge is 0.315 e. The second-order valence-corrected chi connectivity index (χ2v) is 36.4. The molecule has 33 atom stereocenters. The van der Waals surface area contributed by atoms with E-state index < -0.39 is 236 Å². The molecule has 2 aromatic rings. The number of Topliss-reactive ketones (excluding diaryl/α,β-unsaturated/α-hetero) is 2. The fourth-order valence-electron chi connectivity index (χ4n) is 16.6. The molecule has 52 heteroatoms. The van der Waals surface area contributed by atoms with Crippen LogP contribution in [0.3, 0.4) is 0 Å². The number of amides is 8. The summed E-state index contributed by atoms with van der Waals surface area (Å²) in [6, 6.07) is 10.3. The fraction of sp³-hybridized carbons (Fsp3) is 0.764. The third-order valence-electron chi connectivity index (χ3n) is 24.2. The van der Waals surface area contributed by atoms with Crippen LogP contribution in [0.5, 0.6) is 11.5 Å². The molecule has 8 amide bonds. The van der Waals surface area contributed by atoms with Crippen molar-refractivity contribution in [1.82, 2.24) is 42.5 Å². The van der Waals surface area contributed by atoms with E-state index >= 15 is 0 Å². The predicted molar refractivity (Wildman–Crippen MR) is 481 cm³/mol. The minimum absolute atomic E-state index is 0.00446. The van der Waals surface area contributed by atoms with E-state index in [1.807, 2.05) is 36.9 Å². The molecule has 0 radical (unpaired) electrons. The van der Waals surface area contributed by atoms with Gasteiger partial charge in [0.1, 0.15) is 171 Å². The van der Waals surface area contributed by atoms with Gasteiger partial charge in [-0.25, -0.2) is 4.79 Å². The van der Waals surface area contributed by atoms with E-state index in [-0.39, 0.29) is 158 Å². The van der Waals surface area contributed by atoms with E-state index in [2.05, 4.69) is 42.5 Å². The number of ketones is 2. The van der Waals surface area contributed by atoms with Crippen molar-refractivity contribution in [2.45, 2.75) is 306 Å². The summed E-state index contributed by atoms with van der Waals surface area (Å²) >= 11 is 1.90. The number of hydrogen-bond donors (Lipinski definition) is 26. The highest BCUT2D eigenvalue weighted by atomic mass is 32.2. The SMILES string of the molecule is CC(=O)NC1[C@H](OCCCNC(=O)CCOCCCC(=O)COc2ccc(-c3cc(C)cc(OCC(=O)CCCOCCC(=O)NCCCO[C@@H]4OC(CO)[C@@H](O[C@@H]5OC(CO)[C@H](O)[C@H](O[C@H]6OC(CO)[C@H](O)C(O)[C@@H]6O)C5O)[C@H](O)C4NC(C)=O)c3)cc2)OC(CO)[C@@H](O[C@@H]2OC(CO)[C@H](O)[C@H](O[C@H]3OC(CO)[C@H](O)C(O)[C@@H]3O)C2O)[C@@H]1O.CC(=O)NCCNC(=O)CCCC[C@@H]1SC[C@@H]2NC(=O)N[C@@H]21. The highest BCUT2D eigenvalue weighted by molar-refractivity contribution is 8.00. The van der Waals surface area contributed by atoms with Crippen LogP contribution in [-0.2, 0) is 105 Å². The predicted octanol–water partition coefficient (Wildman–Crippen LogP) is -9.87. The summed E-state index contributed by atoms with van der Waals surface area (Å²) in [6.45, 7) is 1.71. The largest absolute Gasteiger partial charge is 0.486 e. The quantitative estimate of drug-likeness (QED) is 0.0216. The van der Waals surface area contributed by atoms with Crippen LogP contribution < -0.4 is 52.0 Å². The van der Waals surface area contributed by atoms with Crippen molar-refractivity contribution in [3.63, 3.8) is 0 Å². The van der Waals surface area contributed by atoms with Gasteiger partial charge in [-0.3, -0.25) is 38.4 Å². The first-order valence-electron chi connectivity index (χ1n) is 47.0. The van der Waals surface area contributed by atoms with Crippen molar-refractivity contribution in [2.75, 3.05) is 124 Å². The molecule has 12 unspecified atom stereocenters. The Bertz CT molecular complexity index is 4170. The molecule has 2 aromatic carbocycles. The Hall–Kier alpha value is -7.46. The van der Waals surface area contributed by atoms with Crippen LogP contribution in [0.2, 0.25) is 0 Å². The van der Waals surface area contributed by atoms with Gasteiger partial charge >= 0.3 is 6.03 Å². The molecule has 0 saturated carbocycles. The number of fused-ring (bicyclic) bond motifs is 1. The number of ether oxygens (including phenoxy) is 16. The number of unbranched alkanes of at least 4 members (excludes halogenated alkanes) is 1. The highest BCUT2D eigenvalue weighted by Gasteiger charge is 2.58. The number of aliphatic hydroxyl groups is 18. The molecular weight excluding hydrogens is 1900 g/mol. The molecule has 8 aliphatic heterocycles. The maximum atomic E-state index is 12.8. The lowest BCUT2D eigenvalue weighted by molar-refractivity contribution is -0.376. The molecule has 8 saturated heterocycles. The zero-order valence-electron chi connectivity index (χ0n) is 78.7. The maximum Gasteiger partial charge on any atom is 0.315 e. The first-order chi connectivity index (χ1) is 67.5. The topological polar surface area (TPSA) is 762 Å². The van der Waals surface area contributed by atoms with Crippen LogP contribution in [0.25, 0.3) is 11.1 Å². The zero-order chi connectivity index (χ0) is 103. The van der Waals surface area contributed by atoms with Gasteiger partial charge in [0.05, 0.1) is 78.2 Å². The standard InChI is InChI=1S/C75H116N4O40.C14H24N4O3S/c1-35-24-39(26-43(25-35)109-34-41(89)9-5-19-105-23-15-51(91)77-17-7-21-107-71-53(79-37(3)87)59(97)67(49(32-85)115-71)117-75-65(103)69(57(95)47(30-83)113-75)119-73-63(101)61(99)55(93)45(28-81)111-73)38-10-12-42(13-11-38)108-33-40(88)8-4-18-104-22-14-50(90)76-16-6-20-106-70-52(78-36(2)86)58(96)66(48(31-84)114-70)116-74-64(102)68(56(94)46(29-82)112-74)118-72-62(100)60(98)54(92)44(27-80)110-72;1-9(19)15-6-7-16-12(20)5-3-2-4-11-13-10(8-22-11)17-14(21)18-13/h10-13,24-26,44-49,52-75,80-85,92-103H,4-9,14-23,27-34H2,1-3H3,(H,76,90)(H,77,91)(H,78,86)(H,79,87);10-11,13H,2-8H2,1H3,(H,15,19)(H,16,20)(H2,17,18,21)/t44?,45?,46?,47?,48?,49?,52?,53?,54-,55-,56-,57-,58+,59+,60?,61?,62-,63-,64?,65?,66+,67+,68-,69-,70+,71+,72+,73+,74-,75-;10-,11-,13-/m00/s1. The molecule has 0 bridgehead atoms. The Labute approximate surface area is 816 Å². The molecule has 8 aliphatic rings. The van der Waals surface area contributed by atoms with Gasteiger partial charge in [-0.2, -0.15) is 11.8 Å². The monoisotopic (exact) mass is 2040 g/mol. The summed E-state index contributed by atoms with van der Waals surface area (Å²) < 4.78 is 91.2. The molecule has 0 aromatic heterocycles. The Morgan fingerprint density at radius 2 is 0.794 bits per heavy atom. The molecule has 10 rings (SSSR count). The molecule has 0 aliphatic carbocycles. The third-order valence-corrected chi connectivity index (χ3v) is 25.7. The summed E-state index contributed by atoms with van der Waals surface area (Å²) in [5.74, 6) is -0.509. The highest BCUT2D eigenvalue weighted by Crippen LogP contribution is 2.38. The number of urea groups is 1. The molecule has 0 spiro atoms. The molecule has 8 heterocycles. The lowest BCUT2D eigenvalue weighted by Crippen LogP contribution is -2.68. The van der Waals surface area contributed by atoms with Crippen molar-refractivity contribution in [2.24, 2.45) is 0 Å². The van der Waals surface area contributed by atoms with Crippen LogP contribution in [0.1, 0.15) is 103 Å². The molecular formula is C89H140N8O43S. The number of hydrogen-bond acceptors (Lipinski definition) is 44. The number of aliphatic hydroxyl groups excluding tert-OH is 18. The van der Waals surface area contributed by atoms with E-state index in [9.17, 15) is 135 Å². The van der Waals surface area contributed by atoms with Gasteiger partial charge in [0.25, 0.3) is 0 Å². The van der Waals surface area contributed by atoms with Gasteiger partial charge in [-0.15, -0.1) is 0 Å². The lowest BCUT2D eigenvalue weighted by Gasteiger charge is -2.48. The van der Waals surface area contributed by atoms with Gasteiger partial charge < -0.3 is 210 Å². The average molecular weight is 2040 g/mol. The lowest BCUT2D eigenvalue weighted by atomic mass is 9.95. The van der Waals surface area contributed by atoms with Crippen molar-refractivity contribution in [1.29, 1.82) is 0 Å².